The zero-order valence-corrected chi connectivity index (χ0v) is 16.9. The van der Waals surface area contributed by atoms with Crippen LogP contribution in [0.3, 0.4) is 0 Å². The van der Waals surface area contributed by atoms with Gasteiger partial charge in [-0.15, -0.1) is 34.0 Å². The number of hydrogen-bond acceptors (Lipinski definition) is 5. The fourth-order valence-electron chi connectivity index (χ4n) is 2.72. The maximum Gasteiger partial charge on any atom is 0.0736 e. The van der Waals surface area contributed by atoms with Crippen molar-refractivity contribution in [1.82, 2.24) is 5.32 Å². The fourth-order valence-corrected chi connectivity index (χ4v) is 6.93. The van der Waals surface area contributed by atoms with E-state index in [1.807, 2.05) is 45.8 Å². The van der Waals surface area contributed by atoms with Gasteiger partial charge in [0.2, 0.25) is 0 Å². The third-order valence-corrected chi connectivity index (χ3v) is 8.28. The van der Waals surface area contributed by atoms with Crippen LogP contribution in [0.25, 0.3) is 4.91 Å². The molecule has 1 nitrogen and oxygen atoms in total. The van der Waals surface area contributed by atoms with Gasteiger partial charge in [-0.2, -0.15) is 0 Å². The first-order chi connectivity index (χ1) is 11.7. The van der Waals surface area contributed by atoms with Crippen molar-refractivity contribution in [2.45, 2.75) is 32.1 Å². The number of hydrogen-bond donors (Lipinski definition) is 1. The summed E-state index contributed by atoms with van der Waals surface area (Å²) in [7, 11) is 0. The molecule has 4 rings (SSSR count). The summed E-state index contributed by atoms with van der Waals surface area (Å²) in [4.78, 5) is 10.0. The molecule has 1 unspecified atom stereocenters. The van der Waals surface area contributed by atoms with Crippen LogP contribution in [0.1, 0.15) is 36.2 Å². The summed E-state index contributed by atoms with van der Waals surface area (Å²) >= 11 is 7.70. The van der Waals surface area contributed by atoms with E-state index in [9.17, 15) is 0 Å². The van der Waals surface area contributed by atoms with Gasteiger partial charge in [0.05, 0.1) is 5.37 Å². The summed E-state index contributed by atoms with van der Waals surface area (Å²) in [6.45, 7) is 4.38. The average molecular weight is 390 g/mol. The molecular formula is C19H19NS4. The smallest absolute Gasteiger partial charge is 0.0736 e. The van der Waals surface area contributed by atoms with Crippen LogP contribution in [-0.2, 0) is 12.8 Å². The van der Waals surface area contributed by atoms with Gasteiger partial charge in [-0.3, -0.25) is 0 Å². The van der Waals surface area contributed by atoms with E-state index in [4.69, 9.17) is 0 Å². The van der Waals surface area contributed by atoms with E-state index in [0.717, 1.165) is 12.8 Å². The van der Waals surface area contributed by atoms with Crippen molar-refractivity contribution in [3.8, 4) is 0 Å². The van der Waals surface area contributed by atoms with Crippen molar-refractivity contribution in [1.29, 1.82) is 0 Å². The van der Waals surface area contributed by atoms with Crippen molar-refractivity contribution in [2.75, 3.05) is 0 Å². The number of thioether (sulfide) groups is 1. The summed E-state index contributed by atoms with van der Waals surface area (Å²) in [5, 5.41) is 3.86. The highest BCUT2D eigenvalue weighted by Gasteiger charge is 2.16. The minimum Gasteiger partial charge on any atom is -0.378 e. The van der Waals surface area contributed by atoms with E-state index in [-0.39, 0.29) is 0 Å². The van der Waals surface area contributed by atoms with E-state index < -0.39 is 0 Å². The van der Waals surface area contributed by atoms with Gasteiger partial charge < -0.3 is 5.32 Å². The van der Waals surface area contributed by atoms with Gasteiger partial charge in [0.25, 0.3) is 0 Å². The highest BCUT2D eigenvalue weighted by Crippen LogP contribution is 2.38. The van der Waals surface area contributed by atoms with E-state index >= 15 is 0 Å². The van der Waals surface area contributed by atoms with Crippen LogP contribution >= 0.6 is 45.8 Å². The molecule has 0 saturated carbocycles. The molecule has 0 aromatic carbocycles. The molecule has 0 bridgehead atoms. The second-order valence-electron chi connectivity index (χ2n) is 5.94. The third kappa shape index (κ3) is 3.80. The van der Waals surface area contributed by atoms with Crippen LogP contribution in [0.15, 0.2) is 42.6 Å². The molecule has 124 valence electrons. The first kappa shape index (κ1) is 16.5. The van der Waals surface area contributed by atoms with Crippen LogP contribution in [-0.4, -0.2) is 5.37 Å². The van der Waals surface area contributed by atoms with Crippen LogP contribution in [0, 0.1) is 6.92 Å². The van der Waals surface area contributed by atoms with Gasteiger partial charge in [0.1, 0.15) is 0 Å². The molecule has 4 heterocycles. The Hall–Kier alpha value is -1.01. The minimum absolute atomic E-state index is 0.492. The van der Waals surface area contributed by atoms with Crippen LogP contribution < -0.4 is 5.32 Å². The van der Waals surface area contributed by atoms with E-state index in [1.165, 1.54) is 34.2 Å². The first-order valence-electron chi connectivity index (χ1n) is 8.00. The predicted octanol–water partition coefficient (Wildman–Crippen LogP) is 6.34. The quantitative estimate of drug-likeness (QED) is 0.546. The molecule has 1 aliphatic heterocycles. The first-order valence-corrected chi connectivity index (χ1v) is 11.3. The van der Waals surface area contributed by atoms with Crippen LogP contribution in [0.4, 0.5) is 0 Å². The highest BCUT2D eigenvalue weighted by molar-refractivity contribution is 8.09. The Balaban J connectivity index is 1.42. The molecule has 0 fully saturated rings. The number of rotatable bonds is 5. The van der Waals surface area contributed by atoms with Crippen molar-refractivity contribution in [2.24, 2.45) is 0 Å². The highest BCUT2D eigenvalue weighted by atomic mass is 32.2. The largest absolute Gasteiger partial charge is 0.378 e. The van der Waals surface area contributed by atoms with Gasteiger partial charge in [-0.1, -0.05) is 11.8 Å². The third-order valence-electron chi connectivity index (χ3n) is 3.87. The monoisotopic (exact) mass is 389 g/mol. The maximum atomic E-state index is 3.37. The van der Waals surface area contributed by atoms with E-state index in [1.54, 1.807) is 0 Å². The SMILES string of the molecule is Cc1ccc(Cc2ccc(Cc3ccc(C4=CNC(C)S4)s3)s2)s1. The van der Waals surface area contributed by atoms with Gasteiger partial charge in [0, 0.05) is 53.2 Å². The topological polar surface area (TPSA) is 12.0 Å². The molecule has 3 aromatic heterocycles. The van der Waals surface area contributed by atoms with Gasteiger partial charge in [0.15, 0.2) is 0 Å². The van der Waals surface area contributed by atoms with Gasteiger partial charge >= 0.3 is 0 Å². The number of thiophene rings is 3. The number of nitrogens with one attached hydrogen (secondary N) is 1. The van der Waals surface area contributed by atoms with Gasteiger partial charge in [-0.25, -0.2) is 0 Å². The van der Waals surface area contributed by atoms with E-state index in [0.29, 0.717) is 5.37 Å². The fraction of sp³-hybridized carbons (Fsp3) is 0.263. The Morgan fingerprint density at radius 2 is 1.46 bits per heavy atom. The molecule has 1 atom stereocenters. The molecule has 0 spiro atoms. The Kier molecular flexibility index (Phi) is 4.86. The summed E-state index contributed by atoms with van der Waals surface area (Å²) in [5.74, 6) is 0. The molecule has 0 radical (unpaired) electrons. The Labute approximate surface area is 159 Å². The minimum atomic E-state index is 0.492. The maximum absolute atomic E-state index is 3.37. The zero-order valence-electron chi connectivity index (χ0n) is 13.7. The Morgan fingerprint density at radius 1 is 0.833 bits per heavy atom. The molecule has 0 aliphatic carbocycles. The van der Waals surface area contributed by atoms with Crippen LogP contribution in [0.5, 0.6) is 0 Å². The number of aryl methyl sites for hydroxylation is 1. The van der Waals surface area contributed by atoms with Crippen LogP contribution in [0.2, 0.25) is 0 Å². The molecular weight excluding hydrogens is 370 g/mol. The lowest BCUT2D eigenvalue weighted by Gasteiger charge is -2.00. The second-order valence-corrected chi connectivity index (χ2v) is 11.1. The molecule has 1 N–H and O–H groups in total. The molecule has 24 heavy (non-hydrogen) atoms. The molecule has 3 aromatic rings. The van der Waals surface area contributed by atoms with Crippen molar-refractivity contribution in [3.05, 3.63) is 71.9 Å². The summed E-state index contributed by atoms with van der Waals surface area (Å²) in [5.41, 5.74) is 0. The Morgan fingerprint density at radius 3 is 2.08 bits per heavy atom. The van der Waals surface area contributed by atoms with Crippen molar-refractivity contribution < 1.29 is 0 Å². The molecule has 1 aliphatic rings. The summed E-state index contributed by atoms with van der Waals surface area (Å²) in [6, 6.07) is 13.6. The Bertz CT molecular complexity index is 867. The summed E-state index contributed by atoms with van der Waals surface area (Å²) < 4.78 is 0. The standard InChI is InChI=1S/C19H19NS4/c1-12-3-4-14(21-12)9-15-5-6-16(23-15)10-17-7-8-18(24-17)19-11-20-13(2)22-19/h3-8,11,13,20H,9-10H2,1-2H3. The van der Waals surface area contributed by atoms with Crippen molar-refractivity contribution in [3.63, 3.8) is 0 Å². The van der Waals surface area contributed by atoms with E-state index in [2.05, 4.69) is 61.8 Å². The lowest BCUT2D eigenvalue weighted by atomic mass is 10.2. The second kappa shape index (κ2) is 7.08. The molecule has 0 saturated heterocycles. The van der Waals surface area contributed by atoms with Crippen molar-refractivity contribution >= 4 is 50.7 Å². The summed E-state index contributed by atoms with van der Waals surface area (Å²) in [6.07, 6.45) is 4.28. The molecule has 0 amide bonds. The van der Waals surface area contributed by atoms with Gasteiger partial charge in [-0.05, 0) is 50.2 Å². The normalized spacial score (nSPS) is 17.1. The zero-order chi connectivity index (χ0) is 16.5. The lowest BCUT2D eigenvalue weighted by Crippen LogP contribution is -2.09. The average Bonchev–Trinajstić information content (AvgIpc) is 3.30. The predicted molar refractivity (Wildman–Crippen MR) is 111 cm³/mol. The molecule has 5 heteroatoms. The lowest BCUT2D eigenvalue weighted by molar-refractivity contribution is 0.875.